The molecule has 24 heavy (non-hydrogen) atoms. The molecular formula is C20H40O4. The standard InChI is InChI=1S/C19H36O3.CH4O/c1-3-4-5-6-7-8-9-10-11-12-13-14-15-16-17-18(2)19(20)22-21;1-2/h10-11,18,21H,3-9,12-17H2,1-2H3;2H,1H3. The number of allylic oxidation sites excluding steroid dienone is 2. The van der Waals surface area contributed by atoms with Gasteiger partial charge in [-0.1, -0.05) is 77.4 Å². The zero-order chi connectivity index (χ0) is 18.5. The third kappa shape index (κ3) is 19.2. The van der Waals surface area contributed by atoms with E-state index >= 15 is 0 Å². The minimum atomic E-state index is -0.516. The first-order valence-corrected chi connectivity index (χ1v) is 9.67. The molecule has 2 N–H and O–H groups in total. The number of rotatable bonds is 15. The van der Waals surface area contributed by atoms with E-state index in [-0.39, 0.29) is 5.92 Å². The van der Waals surface area contributed by atoms with Gasteiger partial charge in [-0.25, -0.2) is 4.79 Å². The monoisotopic (exact) mass is 344 g/mol. The summed E-state index contributed by atoms with van der Waals surface area (Å²) in [7, 11) is 1.00. The van der Waals surface area contributed by atoms with Gasteiger partial charge in [-0.15, -0.1) is 0 Å². The van der Waals surface area contributed by atoms with Crippen molar-refractivity contribution in [2.24, 2.45) is 5.92 Å². The highest BCUT2D eigenvalue weighted by Crippen LogP contribution is 2.13. The van der Waals surface area contributed by atoms with Crippen LogP contribution in [0.3, 0.4) is 0 Å². The highest BCUT2D eigenvalue weighted by Gasteiger charge is 2.13. The van der Waals surface area contributed by atoms with Gasteiger partial charge in [-0.3, -0.25) is 0 Å². The van der Waals surface area contributed by atoms with Gasteiger partial charge in [0.15, 0.2) is 0 Å². The van der Waals surface area contributed by atoms with Crippen molar-refractivity contribution >= 4 is 5.97 Å². The van der Waals surface area contributed by atoms with Crippen molar-refractivity contribution in [1.29, 1.82) is 0 Å². The summed E-state index contributed by atoms with van der Waals surface area (Å²) in [6.45, 7) is 4.05. The van der Waals surface area contributed by atoms with Gasteiger partial charge >= 0.3 is 5.97 Å². The first-order valence-electron chi connectivity index (χ1n) is 9.67. The molecule has 0 spiro atoms. The molecule has 0 amide bonds. The first kappa shape index (κ1) is 25.4. The summed E-state index contributed by atoms with van der Waals surface area (Å²) in [6, 6.07) is 0. The second-order valence-electron chi connectivity index (χ2n) is 6.33. The van der Waals surface area contributed by atoms with Crippen LogP contribution in [0, 0.1) is 5.92 Å². The van der Waals surface area contributed by atoms with Gasteiger partial charge in [-0.2, -0.15) is 5.26 Å². The molecule has 0 aliphatic carbocycles. The van der Waals surface area contributed by atoms with Crippen LogP contribution in [-0.4, -0.2) is 23.4 Å². The van der Waals surface area contributed by atoms with Crippen LogP contribution in [-0.2, 0) is 9.68 Å². The van der Waals surface area contributed by atoms with E-state index in [2.05, 4.69) is 24.0 Å². The second-order valence-corrected chi connectivity index (χ2v) is 6.33. The minimum Gasteiger partial charge on any atom is -0.400 e. The molecule has 144 valence electrons. The lowest BCUT2D eigenvalue weighted by Gasteiger charge is -2.06. The SMILES string of the molecule is CCCCCCCCC=CCCCCCCC(C)C(=O)OO.CO. The van der Waals surface area contributed by atoms with Crippen molar-refractivity contribution in [2.75, 3.05) is 7.11 Å². The fraction of sp³-hybridized carbons (Fsp3) is 0.850. The summed E-state index contributed by atoms with van der Waals surface area (Å²) >= 11 is 0. The molecule has 0 radical (unpaired) electrons. The number of aliphatic hydroxyl groups is 1. The zero-order valence-corrected chi connectivity index (χ0v) is 16.1. The van der Waals surface area contributed by atoms with E-state index in [1.807, 2.05) is 0 Å². The number of hydrogen-bond donors (Lipinski definition) is 2. The van der Waals surface area contributed by atoms with Crippen molar-refractivity contribution in [3.8, 4) is 0 Å². The number of carbonyl (C=O) groups is 1. The minimum absolute atomic E-state index is 0.192. The zero-order valence-electron chi connectivity index (χ0n) is 16.1. The Bertz CT molecular complexity index is 277. The van der Waals surface area contributed by atoms with E-state index in [0.29, 0.717) is 0 Å². The van der Waals surface area contributed by atoms with Crippen molar-refractivity contribution in [2.45, 2.75) is 97.3 Å². The molecule has 4 nitrogen and oxygen atoms in total. The molecule has 0 aromatic heterocycles. The lowest BCUT2D eigenvalue weighted by Crippen LogP contribution is -2.12. The maximum Gasteiger partial charge on any atom is 0.344 e. The normalized spacial score (nSPS) is 11.9. The Hall–Kier alpha value is -0.870. The predicted molar refractivity (Wildman–Crippen MR) is 101 cm³/mol. The lowest BCUT2D eigenvalue weighted by atomic mass is 10.0. The van der Waals surface area contributed by atoms with Gasteiger partial charge in [-0.05, 0) is 32.1 Å². The Morgan fingerprint density at radius 1 is 0.875 bits per heavy atom. The van der Waals surface area contributed by atoms with E-state index in [9.17, 15) is 4.79 Å². The Kier molecular flexibility index (Phi) is 23.4. The van der Waals surface area contributed by atoms with Gasteiger partial charge in [0.05, 0.1) is 5.92 Å². The van der Waals surface area contributed by atoms with E-state index in [4.69, 9.17) is 10.4 Å². The van der Waals surface area contributed by atoms with Crippen molar-refractivity contribution in [3.63, 3.8) is 0 Å². The van der Waals surface area contributed by atoms with E-state index in [1.165, 1.54) is 64.2 Å². The van der Waals surface area contributed by atoms with Crippen LogP contribution in [0.4, 0.5) is 0 Å². The number of unbranched alkanes of at least 4 members (excludes halogenated alkanes) is 10. The Morgan fingerprint density at radius 3 is 1.83 bits per heavy atom. The van der Waals surface area contributed by atoms with E-state index < -0.39 is 5.97 Å². The molecule has 0 bridgehead atoms. The highest BCUT2D eigenvalue weighted by molar-refractivity contribution is 5.71. The molecule has 0 heterocycles. The van der Waals surface area contributed by atoms with Gasteiger partial charge in [0.2, 0.25) is 0 Å². The smallest absolute Gasteiger partial charge is 0.344 e. The number of carbonyl (C=O) groups excluding carboxylic acids is 1. The third-order valence-electron chi connectivity index (χ3n) is 4.14. The molecule has 1 unspecified atom stereocenters. The molecular weight excluding hydrogens is 304 g/mol. The van der Waals surface area contributed by atoms with Crippen LogP contribution in [0.2, 0.25) is 0 Å². The van der Waals surface area contributed by atoms with E-state index in [0.717, 1.165) is 26.4 Å². The van der Waals surface area contributed by atoms with Crippen LogP contribution in [0.15, 0.2) is 12.2 Å². The topological polar surface area (TPSA) is 66.8 Å². The second kappa shape index (κ2) is 22.1. The quantitative estimate of drug-likeness (QED) is 0.168. The van der Waals surface area contributed by atoms with Crippen LogP contribution < -0.4 is 0 Å². The molecule has 0 aliphatic rings. The van der Waals surface area contributed by atoms with Gasteiger partial charge in [0, 0.05) is 7.11 Å². The van der Waals surface area contributed by atoms with Crippen molar-refractivity contribution in [1.82, 2.24) is 0 Å². The number of aliphatic hydroxyl groups excluding tert-OH is 1. The summed E-state index contributed by atoms with van der Waals surface area (Å²) in [5.74, 6) is -0.708. The van der Waals surface area contributed by atoms with Crippen LogP contribution in [0.1, 0.15) is 97.3 Å². The molecule has 0 aliphatic heterocycles. The molecule has 0 aromatic rings. The van der Waals surface area contributed by atoms with Gasteiger partial charge < -0.3 is 9.99 Å². The first-order chi connectivity index (χ1) is 11.7. The molecule has 0 saturated carbocycles. The molecule has 1 atom stereocenters. The Morgan fingerprint density at radius 2 is 1.33 bits per heavy atom. The average molecular weight is 345 g/mol. The van der Waals surface area contributed by atoms with Crippen LogP contribution >= 0.6 is 0 Å². The van der Waals surface area contributed by atoms with Gasteiger partial charge in [0.25, 0.3) is 0 Å². The summed E-state index contributed by atoms with van der Waals surface area (Å²) in [5.41, 5.74) is 0. The molecule has 0 rings (SSSR count). The summed E-state index contributed by atoms with van der Waals surface area (Å²) in [5, 5.41) is 15.3. The molecule has 4 heteroatoms. The average Bonchev–Trinajstić information content (AvgIpc) is 2.62. The summed E-state index contributed by atoms with van der Waals surface area (Å²) < 4.78 is 0. The fourth-order valence-electron chi connectivity index (χ4n) is 2.55. The lowest BCUT2D eigenvalue weighted by molar-refractivity contribution is -0.238. The fourth-order valence-corrected chi connectivity index (χ4v) is 2.55. The third-order valence-corrected chi connectivity index (χ3v) is 4.14. The Balaban J connectivity index is 0. The summed E-state index contributed by atoms with van der Waals surface area (Å²) in [6.07, 6.45) is 20.7. The summed E-state index contributed by atoms with van der Waals surface area (Å²) in [4.78, 5) is 14.7. The highest BCUT2D eigenvalue weighted by atomic mass is 17.1. The molecule has 0 aromatic carbocycles. The van der Waals surface area contributed by atoms with E-state index in [1.54, 1.807) is 6.92 Å². The van der Waals surface area contributed by atoms with Crippen molar-refractivity contribution < 1.29 is 20.0 Å². The van der Waals surface area contributed by atoms with Gasteiger partial charge in [0.1, 0.15) is 0 Å². The maximum atomic E-state index is 11.0. The van der Waals surface area contributed by atoms with Crippen LogP contribution in [0.25, 0.3) is 0 Å². The largest absolute Gasteiger partial charge is 0.400 e. The Labute approximate surface area is 149 Å². The maximum absolute atomic E-state index is 11.0. The number of hydrogen-bond acceptors (Lipinski definition) is 4. The predicted octanol–water partition coefficient (Wildman–Crippen LogP) is 5.89. The molecule has 0 saturated heterocycles. The van der Waals surface area contributed by atoms with Crippen molar-refractivity contribution in [3.05, 3.63) is 12.2 Å². The molecule has 0 fully saturated rings. The van der Waals surface area contributed by atoms with Crippen LogP contribution in [0.5, 0.6) is 0 Å².